The van der Waals surface area contributed by atoms with Crippen LogP contribution in [-0.2, 0) is 13.6 Å². The molecule has 27 heavy (non-hydrogen) atoms. The Balaban J connectivity index is 0.00000261. The second-order valence-corrected chi connectivity index (χ2v) is 8.84. The van der Waals surface area contributed by atoms with Crippen molar-refractivity contribution in [2.75, 3.05) is 6.54 Å². The summed E-state index contributed by atoms with van der Waals surface area (Å²) >= 11 is 0. The average molecular weight is 488 g/mol. The quantitative estimate of drug-likeness (QED) is 0.362. The summed E-state index contributed by atoms with van der Waals surface area (Å²) in [6, 6.07) is 0.553. The average Bonchev–Trinajstić information content (AvgIpc) is 3.36. The molecule has 0 spiro atoms. The molecular formula is C20H37IN6. The SMILES string of the molecule is Cc1nnc(CN=C(NCC(C)(C)C2CCCC2)NC2CCCC2)n1C.I. The van der Waals surface area contributed by atoms with Gasteiger partial charge in [0.15, 0.2) is 11.8 Å². The summed E-state index contributed by atoms with van der Waals surface area (Å²) < 4.78 is 2.01. The van der Waals surface area contributed by atoms with Crippen LogP contribution >= 0.6 is 24.0 Å². The smallest absolute Gasteiger partial charge is 0.191 e. The molecule has 0 saturated heterocycles. The summed E-state index contributed by atoms with van der Waals surface area (Å²) in [6.07, 6.45) is 10.7. The van der Waals surface area contributed by atoms with Crippen LogP contribution < -0.4 is 10.6 Å². The summed E-state index contributed by atoms with van der Waals surface area (Å²) in [5, 5.41) is 15.7. The van der Waals surface area contributed by atoms with E-state index in [1.54, 1.807) is 0 Å². The van der Waals surface area contributed by atoms with Gasteiger partial charge in [-0.1, -0.05) is 39.5 Å². The van der Waals surface area contributed by atoms with E-state index in [0.29, 0.717) is 18.0 Å². The molecule has 0 atom stereocenters. The monoisotopic (exact) mass is 488 g/mol. The molecule has 2 aliphatic rings. The Bertz CT molecular complexity index is 612. The van der Waals surface area contributed by atoms with Gasteiger partial charge in [0.25, 0.3) is 0 Å². The molecule has 0 unspecified atom stereocenters. The lowest BCUT2D eigenvalue weighted by Gasteiger charge is -2.33. The first-order valence-electron chi connectivity index (χ1n) is 10.4. The highest BCUT2D eigenvalue weighted by Crippen LogP contribution is 2.39. The molecule has 1 aromatic rings. The number of hydrogen-bond donors (Lipinski definition) is 2. The number of halogens is 1. The van der Waals surface area contributed by atoms with Gasteiger partial charge in [0.2, 0.25) is 0 Å². The normalized spacial score (nSPS) is 19.3. The van der Waals surface area contributed by atoms with Crippen molar-refractivity contribution in [3.8, 4) is 0 Å². The number of aryl methyl sites for hydroxylation is 1. The first-order valence-corrected chi connectivity index (χ1v) is 10.4. The Morgan fingerprint density at radius 3 is 2.33 bits per heavy atom. The number of aromatic nitrogens is 3. The van der Waals surface area contributed by atoms with Gasteiger partial charge in [0, 0.05) is 19.6 Å². The molecule has 6 nitrogen and oxygen atoms in total. The van der Waals surface area contributed by atoms with Crippen LogP contribution in [0.5, 0.6) is 0 Å². The predicted octanol–water partition coefficient (Wildman–Crippen LogP) is 3.94. The Morgan fingerprint density at radius 2 is 1.74 bits per heavy atom. The number of nitrogens with zero attached hydrogens (tertiary/aromatic N) is 4. The van der Waals surface area contributed by atoms with E-state index in [1.807, 2.05) is 18.5 Å². The molecule has 7 heteroatoms. The molecule has 0 aliphatic heterocycles. The summed E-state index contributed by atoms with van der Waals surface area (Å²) in [6.45, 7) is 8.29. The van der Waals surface area contributed by atoms with Crippen LogP contribution in [0.4, 0.5) is 0 Å². The van der Waals surface area contributed by atoms with E-state index in [-0.39, 0.29) is 24.0 Å². The van der Waals surface area contributed by atoms with Crippen LogP contribution in [0.15, 0.2) is 4.99 Å². The van der Waals surface area contributed by atoms with Gasteiger partial charge >= 0.3 is 0 Å². The maximum Gasteiger partial charge on any atom is 0.191 e. The molecule has 154 valence electrons. The molecule has 0 amide bonds. The van der Waals surface area contributed by atoms with Crippen molar-refractivity contribution in [2.24, 2.45) is 23.4 Å². The molecular weight excluding hydrogens is 451 g/mol. The van der Waals surface area contributed by atoms with Gasteiger partial charge in [0.05, 0.1) is 0 Å². The number of hydrogen-bond acceptors (Lipinski definition) is 3. The van der Waals surface area contributed by atoms with E-state index in [4.69, 9.17) is 4.99 Å². The molecule has 2 fully saturated rings. The number of aliphatic imine (C=N–C) groups is 1. The minimum absolute atomic E-state index is 0. The molecule has 2 N–H and O–H groups in total. The van der Waals surface area contributed by atoms with Crippen LogP contribution in [0.25, 0.3) is 0 Å². The number of rotatable bonds is 6. The zero-order chi connectivity index (χ0) is 18.6. The molecule has 1 heterocycles. The van der Waals surface area contributed by atoms with Crippen molar-refractivity contribution in [3.05, 3.63) is 11.6 Å². The Labute approximate surface area is 181 Å². The van der Waals surface area contributed by atoms with Crippen LogP contribution in [-0.4, -0.2) is 33.3 Å². The largest absolute Gasteiger partial charge is 0.356 e. The van der Waals surface area contributed by atoms with Crippen LogP contribution in [0, 0.1) is 18.3 Å². The van der Waals surface area contributed by atoms with Crippen molar-refractivity contribution in [1.29, 1.82) is 0 Å². The van der Waals surface area contributed by atoms with E-state index in [0.717, 1.165) is 30.1 Å². The lowest BCUT2D eigenvalue weighted by Crippen LogP contribution is -2.46. The summed E-state index contributed by atoms with van der Waals surface area (Å²) in [7, 11) is 2.00. The van der Waals surface area contributed by atoms with Gasteiger partial charge in [-0.2, -0.15) is 0 Å². The van der Waals surface area contributed by atoms with E-state index in [1.165, 1.54) is 51.4 Å². The van der Waals surface area contributed by atoms with Crippen molar-refractivity contribution in [2.45, 2.75) is 84.7 Å². The Hall–Kier alpha value is -0.860. The standard InChI is InChI=1S/C20H36N6.HI/c1-15-24-25-18(26(15)4)13-21-19(23-17-11-7-8-12-17)22-14-20(2,3)16-9-5-6-10-16;/h16-17H,5-14H2,1-4H3,(H2,21,22,23);1H. The van der Waals surface area contributed by atoms with Crippen LogP contribution in [0.2, 0.25) is 0 Å². The second-order valence-electron chi connectivity index (χ2n) is 8.84. The maximum atomic E-state index is 4.83. The van der Waals surface area contributed by atoms with E-state index < -0.39 is 0 Å². The van der Waals surface area contributed by atoms with E-state index in [2.05, 4.69) is 34.7 Å². The van der Waals surface area contributed by atoms with Gasteiger partial charge in [-0.3, -0.25) is 0 Å². The van der Waals surface area contributed by atoms with Gasteiger partial charge in [0.1, 0.15) is 12.4 Å². The highest BCUT2D eigenvalue weighted by Gasteiger charge is 2.32. The Morgan fingerprint density at radius 1 is 1.11 bits per heavy atom. The third-order valence-electron chi connectivity index (χ3n) is 6.43. The van der Waals surface area contributed by atoms with Gasteiger partial charge in [-0.25, -0.2) is 4.99 Å². The van der Waals surface area contributed by atoms with Crippen molar-refractivity contribution >= 4 is 29.9 Å². The summed E-state index contributed by atoms with van der Waals surface area (Å²) in [5.41, 5.74) is 0.302. The first-order chi connectivity index (χ1) is 12.5. The number of guanidine groups is 1. The highest BCUT2D eigenvalue weighted by molar-refractivity contribution is 14.0. The van der Waals surface area contributed by atoms with Crippen molar-refractivity contribution < 1.29 is 0 Å². The van der Waals surface area contributed by atoms with Crippen molar-refractivity contribution in [3.63, 3.8) is 0 Å². The molecule has 0 aromatic carbocycles. The lowest BCUT2D eigenvalue weighted by molar-refractivity contribution is 0.218. The first kappa shape index (κ1) is 22.4. The Kier molecular flexibility index (Phi) is 8.37. The fraction of sp³-hybridized carbons (Fsp3) is 0.850. The topological polar surface area (TPSA) is 67.1 Å². The molecule has 1 aromatic heterocycles. The zero-order valence-corrected chi connectivity index (χ0v) is 19.8. The zero-order valence-electron chi connectivity index (χ0n) is 17.4. The fourth-order valence-electron chi connectivity index (χ4n) is 4.32. The van der Waals surface area contributed by atoms with Crippen molar-refractivity contribution in [1.82, 2.24) is 25.4 Å². The molecule has 2 aliphatic carbocycles. The van der Waals surface area contributed by atoms with Gasteiger partial charge in [-0.15, -0.1) is 34.2 Å². The van der Waals surface area contributed by atoms with E-state index >= 15 is 0 Å². The minimum Gasteiger partial charge on any atom is -0.356 e. The molecule has 0 bridgehead atoms. The molecule has 2 saturated carbocycles. The lowest BCUT2D eigenvalue weighted by atomic mass is 9.78. The predicted molar refractivity (Wildman–Crippen MR) is 121 cm³/mol. The highest BCUT2D eigenvalue weighted by atomic mass is 127. The van der Waals surface area contributed by atoms with E-state index in [9.17, 15) is 0 Å². The maximum absolute atomic E-state index is 4.83. The molecule has 3 rings (SSSR count). The minimum atomic E-state index is 0. The van der Waals surface area contributed by atoms with Crippen LogP contribution in [0.3, 0.4) is 0 Å². The van der Waals surface area contributed by atoms with Gasteiger partial charge in [-0.05, 0) is 43.9 Å². The molecule has 0 radical (unpaired) electrons. The fourth-order valence-corrected chi connectivity index (χ4v) is 4.32. The third-order valence-corrected chi connectivity index (χ3v) is 6.43. The second kappa shape index (κ2) is 10.1. The third kappa shape index (κ3) is 6.06. The summed E-state index contributed by atoms with van der Waals surface area (Å²) in [5.74, 6) is 3.59. The van der Waals surface area contributed by atoms with Gasteiger partial charge < -0.3 is 15.2 Å². The number of nitrogens with one attached hydrogen (secondary N) is 2. The summed E-state index contributed by atoms with van der Waals surface area (Å²) in [4.78, 5) is 4.83. The van der Waals surface area contributed by atoms with Crippen LogP contribution in [0.1, 0.15) is 76.9 Å².